The zero-order valence-corrected chi connectivity index (χ0v) is 15.0. The lowest BCUT2D eigenvalue weighted by Crippen LogP contribution is -2.27. The van der Waals surface area contributed by atoms with Crippen LogP contribution in [0.5, 0.6) is 11.5 Å². The number of methoxy groups -OCH3 is 1. The molecule has 106 valence electrons. The quantitative estimate of drug-likeness (QED) is 0.682. The van der Waals surface area contributed by atoms with Crippen LogP contribution in [0.1, 0.15) is 25.7 Å². The molecule has 2 rings (SSSR count). The molecule has 1 aromatic carbocycles. The minimum absolute atomic E-state index is 0.245. The summed E-state index contributed by atoms with van der Waals surface area (Å²) >= 11 is 11.5. The lowest BCUT2D eigenvalue weighted by atomic mass is 9.90. The van der Waals surface area contributed by atoms with Gasteiger partial charge >= 0.3 is 0 Å². The van der Waals surface area contributed by atoms with Crippen molar-refractivity contribution < 1.29 is 9.47 Å². The highest BCUT2D eigenvalue weighted by Gasteiger charge is 2.33. The van der Waals surface area contributed by atoms with Crippen molar-refractivity contribution in [2.45, 2.75) is 25.7 Å². The molecule has 0 heterocycles. The maximum Gasteiger partial charge on any atom is 0.134 e. The van der Waals surface area contributed by atoms with E-state index in [-0.39, 0.29) is 5.41 Å². The summed E-state index contributed by atoms with van der Waals surface area (Å²) in [6, 6.07) is 3.87. The van der Waals surface area contributed by atoms with E-state index in [1.807, 2.05) is 12.1 Å². The van der Waals surface area contributed by atoms with Crippen molar-refractivity contribution in [2.24, 2.45) is 5.41 Å². The third kappa shape index (κ3) is 3.61. The fourth-order valence-electron chi connectivity index (χ4n) is 2.48. The standard InChI is InChI=1S/C14H18Br2O2S/c1-17-12-6-11(16)13(7-10(12)15)18-8-14(9-19)4-2-3-5-14/h6-7,19H,2-5,8-9H2,1H3. The topological polar surface area (TPSA) is 18.5 Å². The summed E-state index contributed by atoms with van der Waals surface area (Å²) in [5, 5.41) is 0. The Bertz CT molecular complexity index is 445. The second-order valence-corrected chi connectivity index (χ2v) is 7.10. The summed E-state index contributed by atoms with van der Waals surface area (Å²) in [5.41, 5.74) is 0.245. The molecule has 5 heteroatoms. The van der Waals surface area contributed by atoms with E-state index in [9.17, 15) is 0 Å². The van der Waals surface area contributed by atoms with Crippen LogP contribution in [0.3, 0.4) is 0 Å². The first-order valence-electron chi connectivity index (χ1n) is 6.37. The summed E-state index contributed by atoms with van der Waals surface area (Å²) in [7, 11) is 1.65. The molecular formula is C14H18Br2O2S. The fraction of sp³-hybridized carbons (Fsp3) is 0.571. The van der Waals surface area contributed by atoms with Crippen molar-refractivity contribution >= 4 is 44.5 Å². The summed E-state index contributed by atoms with van der Waals surface area (Å²) in [6.07, 6.45) is 5.01. The summed E-state index contributed by atoms with van der Waals surface area (Å²) in [6.45, 7) is 0.730. The maximum absolute atomic E-state index is 6.01. The molecule has 0 amide bonds. The van der Waals surface area contributed by atoms with Crippen molar-refractivity contribution in [3.8, 4) is 11.5 Å². The van der Waals surface area contributed by atoms with E-state index in [0.717, 1.165) is 32.8 Å². The molecule has 1 saturated carbocycles. The Kier molecular flexibility index (Phi) is 5.49. The van der Waals surface area contributed by atoms with Gasteiger partial charge in [0.25, 0.3) is 0 Å². The highest BCUT2D eigenvalue weighted by Crippen LogP contribution is 2.41. The molecule has 0 saturated heterocycles. The van der Waals surface area contributed by atoms with Crippen molar-refractivity contribution in [2.75, 3.05) is 19.5 Å². The zero-order valence-electron chi connectivity index (χ0n) is 10.9. The third-order valence-corrected chi connectivity index (χ3v) is 5.65. The van der Waals surface area contributed by atoms with E-state index in [4.69, 9.17) is 9.47 Å². The molecule has 2 nitrogen and oxygen atoms in total. The van der Waals surface area contributed by atoms with Crippen LogP contribution in [0.4, 0.5) is 0 Å². The molecular weight excluding hydrogens is 392 g/mol. The van der Waals surface area contributed by atoms with Gasteiger partial charge < -0.3 is 9.47 Å². The van der Waals surface area contributed by atoms with Crippen LogP contribution in [0, 0.1) is 5.41 Å². The molecule has 1 aliphatic carbocycles. The molecule has 1 aromatic rings. The van der Waals surface area contributed by atoms with Gasteiger partial charge in [-0.05, 0) is 62.6 Å². The van der Waals surface area contributed by atoms with Crippen LogP contribution in [-0.4, -0.2) is 19.5 Å². The normalized spacial score (nSPS) is 17.5. The SMILES string of the molecule is COc1cc(Br)c(OCC2(CS)CCCC2)cc1Br. The molecule has 0 radical (unpaired) electrons. The van der Waals surface area contributed by atoms with E-state index < -0.39 is 0 Å². The average Bonchev–Trinajstić information content (AvgIpc) is 2.89. The second kappa shape index (κ2) is 6.72. The number of ether oxygens (including phenoxy) is 2. The van der Waals surface area contributed by atoms with Crippen LogP contribution in [0.2, 0.25) is 0 Å². The zero-order chi connectivity index (χ0) is 13.9. The van der Waals surface area contributed by atoms with Gasteiger partial charge in [0.15, 0.2) is 0 Å². The van der Waals surface area contributed by atoms with Crippen molar-refractivity contribution in [3.63, 3.8) is 0 Å². The lowest BCUT2D eigenvalue weighted by molar-refractivity contribution is 0.172. The van der Waals surface area contributed by atoms with E-state index in [1.165, 1.54) is 25.7 Å². The first-order chi connectivity index (χ1) is 9.10. The fourth-order valence-corrected chi connectivity index (χ4v) is 3.81. The van der Waals surface area contributed by atoms with Crippen molar-refractivity contribution in [1.29, 1.82) is 0 Å². The Hall–Kier alpha value is 0.130. The molecule has 0 bridgehead atoms. The Labute approximate surface area is 136 Å². The van der Waals surface area contributed by atoms with E-state index in [1.54, 1.807) is 7.11 Å². The number of halogens is 2. The van der Waals surface area contributed by atoms with Crippen molar-refractivity contribution in [3.05, 3.63) is 21.1 Å². The van der Waals surface area contributed by atoms with Gasteiger partial charge in [-0.3, -0.25) is 0 Å². The summed E-state index contributed by atoms with van der Waals surface area (Å²) in [4.78, 5) is 0. The summed E-state index contributed by atoms with van der Waals surface area (Å²) in [5.74, 6) is 2.53. The number of benzene rings is 1. The minimum Gasteiger partial charge on any atom is -0.496 e. The van der Waals surface area contributed by atoms with Crippen molar-refractivity contribution in [1.82, 2.24) is 0 Å². The largest absolute Gasteiger partial charge is 0.496 e. The van der Waals surface area contributed by atoms with Crippen LogP contribution in [0.15, 0.2) is 21.1 Å². The number of thiol groups is 1. The van der Waals surface area contributed by atoms with Crippen LogP contribution < -0.4 is 9.47 Å². The maximum atomic E-state index is 6.01. The molecule has 0 atom stereocenters. The van der Waals surface area contributed by atoms with Gasteiger partial charge in [-0.2, -0.15) is 12.6 Å². The molecule has 0 aromatic heterocycles. The van der Waals surface area contributed by atoms with Gasteiger partial charge in [0.2, 0.25) is 0 Å². The van der Waals surface area contributed by atoms with E-state index in [0.29, 0.717) is 0 Å². The highest BCUT2D eigenvalue weighted by molar-refractivity contribution is 9.11. The Morgan fingerprint density at radius 2 is 1.74 bits per heavy atom. The highest BCUT2D eigenvalue weighted by atomic mass is 79.9. The molecule has 1 aliphatic rings. The molecule has 0 aliphatic heterocycles. The molecule has 0 unspecified atom stereocenters. The second-order valence-electron chi connectivity index (χ2n) is 5.07. The smallest absolute Gasteiger partial charge is 0.134 e. The van der Waals surface area contributed by atoms with Gasteiger partial charge in [-0.1, -0.05) is 12.8 Å². The van der Waals surface area contributed by atoms with Gasteiger partial charge in [0, 0.05) is 5.41 Å². The Morgan fingerprint density at radius 3 is 2.32 bits per heavy atom. The van der Waals surface area contributed by atoms with Gasteiger partial charge in [0.05, 0.1) is 22.7 Å². The third-order valence-electron chi connectivity index (χ3n) is 3.74. The first-order valence-corrected chi connectivity index (χ1v) is 8.59. The average molecular weight is 410 g/mol. The van der Waals surface area contributed by atoms with Gasteiger partial charge in [0.1, 0.15) is 11.5 Å². The van der Waals surface area contributed by atoms with Gasteiger partial charge in [-0.15, -0.1) is 0 Å². The first kappa shape index (κ1) is 15.5. The van der Waals surface area contributed by atoms with E-state index >= 15 is 0 Å². The van der Waals surface area contributed by atoms with Crippen LogP contribution >= 0.6 is 44.5 Å². The number of hydrogen-bond donors (Lipinski definition) is 1. The molecule has 0 N–H and O–H groups in total. The number of hydrogen-bond acceptors (Lipinski definition) is 3. The molecule has 19 heavy (non-hydrogen) atoms. The molecule has 1 fully saturated rings. The molecule has 0 spiro atoms. The van der Waals surface area contributed by atoms with E-state index in [2.05, 4.69) is 44.5 Å². The lowest BCUT2D eigenvalue weighted by Gasteiger charge is -2.27. The summed E-state index contributed by atoms with van der Waals surface area (Å²) < 4.78 is 13.1. The van der Waals surface area contributed by atoms with Crippen LogP contribution in [-0.2, 0) is 0 Å². The Morgan fingerprint density at radius 1 is 1.16 bits per heavy atom. The minimum atomic E-state index is 0.245. The predicted molar refractivity (Wildman–Crippen MR) is 88.6 cm³/mol. The van der Waals surface area contributed by atoms with Gasteiger partial charge in [-0.25, -0.2) is 0 Å². The predicted octanol–water partition coefficient (Wildman–Crippen LogP) is 5.09. The number of rotatable bonds is 5. The monoisotopic (exact) mass is 408 g/mol. The van der Waals surface area contributed by atoms with Crippen LogP contribution in [0.25, 0.3) is 0 Å². The Balaban J connectivity index is 2.09.